The van der Waals surface area contributed by atoms with Gasteiger partial charge in [-0.3, -0.25) is 4.79 Å². The molecule has 4 aromatic rings. The number of fused-ring (bicyclic) bond motifs is 1. The smallest absolute Gasteiger partial charge is 0.335 e. The molecule has 2 heterocycles. The number of carboxylic acid groups (broad SMARTS) is 1. The van der Waals surface area contributed by atoms with Crippen LogP contribution in [0.1, 0.15) is 66.5 Å². The Bertz CT molecular complexity index is 1600. The Morgan fingerprint density at radius 2 is 1.71 bits per heavy atom. The fraction of sp³-hybridized carbons (Fsp3) is 0.194. The highest BCUT2D eigenvalue weighted by atomic mass is 32.1. The highest BCUT2D eigenvalue weighted by molar-refractivity contribution is 7.15. The standard InChI is InChI=1S/C31H27N3O3S/c1-19-16-23(17-24(18-32)21-12-14-22(15-13-21)31(36)37)20(2)34(19)30-28(26-10-6-7-11-27(26)38-30)29(35)33-25-8-4-3-5-9-25/h3-5,8-9,12-17H,6-7,10-11H2,1-2H3,(H,33,35)(H,36,37)/b24-17-. The Morgan fingerprint density at radius 3 is 2.39 bits per heavy atom. The zero-order chi connectivity index (χ0) is 26.8. The second kappa shape index (κ2) is 10.5. The zero-order valence-electron chi connectivity index (χ0n) is 21.2. The summed E-state index contributed by atoms with van der Waals surface area (Å²) in [5.41, 5.74) is 6.68. The van der Waals surface area contributed by atoms with Crippen molar-refractivity contribution in [2.45, 2.75) is 39.5 Å². The molecule has 0 aliphatic heterocycles. The number of para-hydroxylation sites is 1. The molecule has 2 N–H and O–H groups in total. The number of nitrogens with one attached hydrogen (secondary N) is 1. The average molecular weight is 522 g/mol. The summed E-state index contributed by atoms with van der Waals surface area (Å²) in [5, 5.41) is 23.0. The number of aromatic carboxylic acids is 1. The number of carbonyl (C=O) groups excluding carboxylic acids is 1. The van der Waals surface area contributed by atoms with Crippen LogP contribution in [0.15, 0.2) is 60.7 Å². The summed E-state index contributed by atoms with van der Waals surface area (Å²) in [6, 6.07) is 20.1. The van der Waals surface area contributed by atoms with Gasteiger partial charge in [0.15, 0.2) is 0 Å². The Kier molecular flexibility index (Phi) is 6.99. The molecule has 0 saturated carbocycles. The number of anilines is 1. The van der Waals surface area contributed by atoms with Gasteiger partial charge in [0, 0.05) is 22.0 Å². The van der Waals surface area contributed by atoms with Crippen LogP contribution in [-0.4, -0.2) is 21.6 Å². The highest BCUT2D eigenvalue weighted by Gasteiger charge is 2.28. The molecular weight excluding hydrogens is 494 g/mol. The molecule has 0 bridgehead atoms. The van der Waals surface area contributed by atoms with Crippen LogP contribution in [0.3, 0.4) is 0 Å². The summed E-state index contributed by atoms with van der Waals surface area (Å²) in [4.78, 5) is 26.1. The number of aryl methyl sites for hydroxylation is 2. The quantitative estimate of drug-likeness (QED) is 0.266. The normalized spacial score (nSPS) is 13.0. The summed E-state index contributed by atoms with van der Waals surface area (Å²) >= 11 is 1.68. The van der Waals surface area contributed by atoms with Gasteiger partial charge in [-0.2, -0.15) is 5.26 Å². The molecular formula is C31H27N3O3S. The van der Waals surface area contributed by atoms with E-state index in [4.69, 9.17) is 0 Å². The molecule has 7 heteroatoms. The van der Waals surface area contributed by atoms with E-state index in [1.165, 1.54) is 17.0 Å². The first kappa shape index (κ1) is 25.2. The van der Waals surface area contributed by atoms with Crippen molar-refractivity contribution in [3.63, 3.8) is 0 Å². The van der Waals surface area contributed by atoms with Gasteiger partial charge < -0.3 is 15.0 Å². The number of carbonyl (C=O) groups is 2. The lowest BCUT2D eigenvalue weighted by molar-refractivity contribution is 0.0696. The van der Waals surface area contributed by atoms with E-state index in [1.807, 2.05) is 56.3 Å². The first-order valence-corrected chi connectivity index (χ1v) is 13.3. The van der Waals surface area contributed by atoms with Crippen LogP contribution in [0.25, 0.3) is 16.7 Å². The maximum Gasteiger partial charge on any atom is 0.335 e. The van der Waals surface area contributed by atoms with Crippen molar-refractivity contribution in [1.82, 2.24) is 4.57 Å². The molecule has 2 aromatic heterocycles. The molecule has 2 aromatic carbocycles. The summed E-state index contributed by atoms with van der Waals surface area (Å²) in [7, 11) is 0. The number of thiophene rings is 1. The lowest BCUT2D eigenvalue weighted by Gasteiger charge is -2.14. The van der Waals surface area contributed by atoms with Crippen LogP contribution in [0.5, 0.6) is 0 Å². The Morgan fingerprint density at radius 1 is 1.03 bits per heavy atom. The lowest BCUT2D eigenvalue weighted by Crippen LogP contribution is -2.17. The number of hydrogen-bond acceptors (Lipinski definition) is 4. The van der Waals surface area contributed by atoms with Gasteiger partial charge in [0.05, 0.1) is 22.8 Å². The van der Waals surface area contributed by atoms with Crippen molar-refractivity contribution in [1.29, 1.82) is 5.26 Å². The second-order valence-electron chi connectivity index (χ2n) is 9.43. The van der Waals surface area contributed by atoms with Crippen molar-refractivity contribution in [3.8, 4) is 11.1 Å². The third kappa shape index (κ3) is 4.79. The van der Waals surface area contributed by atoms with Crippen LogP contribution in [0.2, 0.25) is 0 Å². The second-order valence-corrected chi connectivity index (χ2v) is 10.5. The highest BCUT2D eigenvalue weighted by Crippen LogP contribution is 2.39. The van der Waals surface area contributed by atoms with Gasteiger partial charge in [-0.1, -0.05) is 30.3 Å². The maximum absolute atomic E-state index is 13.6. The molecule has 5 rings (SSSR count). The van der Waals surface area contributed by atoms with Gasteiger partial charge in [0.2, 0.25) is 0 Å². The number of aromatic nitrogens is 1. The molecule has 38 heavy (non-hydrogen) atoms. The van der Waals surface area contributed by atoms with Gasteiger partial charge in [0.25, 0.3) is 5.91 Å². The molecule has 0 radical (unpaired) electrons. The van der Waals surface area contributed by atoms with Crippen molar-refractivity contribution in [2.24, 2.45) is 0 Å². The number of hydrogen-bond donors (Lipinski definition) is 2. The van der Waals surface area contributed by atoms with Crippen LogP contribution in [0, 0.1) is 25.2 Å². The first-order chi connectivity index (χ1) is 18.4. The lowest BCUT2D eigenvalue weighted by atomic mass is 9.95. The van der Waals surface area contributed by atoms with Gasteiger partial charge in [-0.05, 0) is 92.6 Å². The van der Waals surface area contributed by atoms with Gasteiger partial charge in [-0.15, -0.1) is 11.3 Å². The Balaban J connectivity index is 1.58. The van der Waals surface area contributed by atoms with Gasteiger partial charge in [-0.25, -0.2) is 4.79 Å². The van der Waals surface area contributed by atoms with Gasteiger partial charge in [0.1, 0.15) is 5.00 Å². The molecule has 0 unspecified atom stereocenters. The molecule has 6 nitrogen and oxygen atoms in total. The summed E-state index contributed by atoms with van der Waals surface area (Å²) in [5.74, 6) is -1.11. The number of allylic oxidation sites excluding steroid dienone is 1. The molecule has 1 aliphatic carbocycles. The van der Waals surface area contributed by atoms with Crippen LogP contribution < -0.4 is 5.32 Å². The van der Waals surface area contributed by atoms with E-state index in [-0.39, 0.29) is 11.5 Å². The van der Waals surface area contributed by atoms with E-state index >= 15 is 0 Å². The molecule has 1 aliphatic rings. The minimum absolute atomic E-state index is 0.105. The van der Waals surface area contributed by atoms with Crippen LogP contribution in [-0.2, 0) is 12.8 Å². The fourth-order valence-electron chi connectivity index (χ4n) is 5.03. The van der Waals surface area contributed by atoms with Crippen molar-refractivity contribution in [2.75, 3.05) is 5.32 Å². The molecule has 0 saturated heterocycles. The van der Waals surface area contributed by atoms with E-state index in [1.54, 1.807) is 23.5 Å². The van der Waals surface area contributed by atoms with Crippen molar-refractivity contribution in [3.05, 3.63) is 105 Å². The molecule has 1 amide bonds. The SMILES string of the molecule is Cc1cc(/C=C(/C#N)c2ccc(C(=O)O)cc2)c(C)n1-c1sc2c(c1C(=O)Nc1ccccc1)CCCC2. The minimum Gasteiger partial charge on any atom is -0.478 e. The number of nitriles is 1. The third-order valence-corrected chi connectivity index (χ3v) is 8.22. The van der Waals surface area contributed by atoms with E-state index in [2.05, 4.69) is 16.0 Å². The van der Waals surface area contributed by atoms with E-state index in [9.17, 15) is 20.0 Å². The summed E-state index contributed by atoms with van der Waals surface area (Å²) in [6.07, 6.45) is 5.88. The predicted octanol–water partition coefficient (Wildman–Crippen LogP) is 7.05. The maximum atomic E-state index is 13.6. The minimum atomic E-state index is -1.01. The molecule has 0 fully saturated rings. The number of amides is 1. The number of nitrogens with zero attached hydrogens (tertiary/aromatic N) is 2. The van der Waals surface area contributed by atoms with Crippen LogP contribution >= 0.6 is 11.3 Å². The molecule has 0 atom stereocenters. The number of rotatable bonds is 6. The topological polar surface area (TPSA) is 95.1 Å². The largest absolute Gasteiger partial charge is 0.478 e. The van der Waals surface area contributed by atoms with Crippen molar-refractivity contribution >= 4 is 40.5 Å². The van der Waals surface area contributed by atoms with E-state index in [0.29, 0.717) is 11.1 Å². The molecule has 190 valence electrons. The number of carboxylic acids is 1. The summed E-state index contributed by atoms with van der Waals surface area (Å²) in [6.45, 7) is 4.01. The van der Waals surface area contributed by atoms with Crippen LogP contribution in [0.4, 0.5) is 5.69 Å². The van der Waals surface area contributed by atoms with E-state index in [0.717, 1.165) is 64.4 Å². The predicted molar refractivity (Wildman–Crippen MR) is 151 cm³/mol. The van der Waals surface area contributed by atoms with Gasteiger partial charge >= 0.3 is 5.97 Å². The van der Waals surface area contributed by atoms with Crippen molar-refractivity contribution < 1.29 is 14.7 Å². The van der Waals surface area contributed by atoms with E-state index < -0.39 is 5.97 Å². The first-order valence-electron chi connectivity index (χ1n) is 12.5. The Hall–Kier alpha value is -4.41. The molecule has 0 spiro atoms. The Labute approximate surface area is 225 Å². The third-order valence-electron chi connectivity index (χ3n) is 6.95. The summed E-state index contributed by atoms with van der Waals surface area (Å²) < 4.78 is 2.12. The zero-order valence-corrected chi connectivity index (χ0v) is 22.1. The fourth-order valence-corrected chi connectivity index (χ4v) is 6.53. The average Bonchev–Trinajstić information content (AvgIpc) is 3.43. The monoisotopic (exact) mass is 521 g/mol. The number of benzene rings is 2.